The summed E-state index contributed by atoms with van der Waals surface area (Å²) >= 11 is 7.55. The summed E-state index contributed by atoms with van der Waals surface area (Å²) in [6.45, 7) is 4.79. The van der Waals surface area contributed by atoms with Crippen molar-refractivity contribution in [2.75, 3.05) is 29.8 Å². The molecular weight excluding hydrogens is 549 g/mol. The number of benzene rings is 2. The summed E-state index contributed by atoms with van der Waals surface area (Å²) in [5.74, 6) is -0.657. The molecule has 3 aromatic rings. The first-order valence-electron chi connectivity index (χ1n) is 11.0. The molecule has 0 aliphatic carbocycles. The van der Waals surface area contributed by atoms with Gasteiger partial charge in [-0.15, -0.1) is 17.9 Å². The molecule has 0 radical (unpaired) electrons. The van der Waals surface area contributed by atoms with Gasteiger partial charge in [0.25, 0.3) is 15.9 Å². The van der Waals surface area contributed by atoms with Gasteiger partial charge in [-0.3, -0.25) is 14.4 Å². The lowest BCUT2D eigenvalue weighted by atomic mass is 10.2. The van der Waals surface area contributed by atoms with Crippen LogP contribution in [-0.4, -0.2) is 44.3 Å². The minimum absolute atomic E-state index is 0.00634. The van der Waals surface area contributed by atoms with Crippen LogP contribution in [0.25, 0.3) is 0 Å². The van der Waals surface area contributed by atoms with Gasteiger partial charge in [0.15, 0.2) is 5.13 Å². The zero-order valence-corrected chi connectivity index (χ0v) is 21.9. The van der Waals surface area contributed by atoms with Crippen LogP contribution in [-0.2, 0) is 29.2 Å². The van der Waals surface area contributed by atoms with Crippen molar-refractivity contribution in [2.24, 2.45) is 0 Å². The fourth-order valence-corrected chi connectivity index (χ4v) is 6.54. The van der Waals surface area contributed by atoms with E-state index in [1.54, 1.807) is 0 Å². The normalized spacial score (nSPS) is 14.2. The molecule has 1 aliphatic rings. The zero-order chi connectivity index (χ0) is 27.0. The third kappa shape index (κ3) is 5.82. The van der Waals surface area contributed by atoms with E-state index in [0.717, 1.165) is 52.1 Å². The number of likely N-dealkylation sites (N-methyl/N-ethyl adjacent to an activating group) is 1. The molecule has 0 saturated carbocycles. The third-order valence-electron chi connectivity index (χ3n) is 5.67. The fourth-order valence-electron chi connectivity index (χ4n) is 3.80. The molecule has 0 saturated heterocycles. The van der Waals surface area contributed by atoms with Crippen molar-refractivity contribution in [1.82, 2.24) is 9.88 Å². The molecular formula is C24H22ClF3N4O3S2. The van der Waals surface area contributed by atoms with Crippen LogP contribution in [0.1, 0.15) is 26.5 Å². The molecule has 0 fully saturated rings. The van der Waals surface area contributed by atoms with E-state index < -0.39 is 27.7 Å². The van der Waals surface area contributed by atoms with Gasteiger partial charge in [-0.05, 0) is 43.4 Å². The van der Waals surface area contributed by atoms with E-state index in [0.29, 0.717) is 11.7 Å². The molecule has 4 rings (SSSR count). The van der Waals surface area contributed by atoms with Gasteiger partial charge >= 0.3 is 6.18 Å². The number of amides is 1. The Hall–Kier alpha value is -2.93. The van der Waals surface area contributed by atoms with Gasteiger partial charge in [0.2, 0.25) is 0 Å². The van der Waals surface area contributed by atoms with E-state index in [2.05, 4.69) is 21.8 Å². The number of rotatable bonds is 7. The molecule has 7 nitrogen and oxygen atoms in total. The molecule has 0 spiro atoms. The summed E-state index contributed by atoms with van der Waals surface area (Å²) < 4.78 is 67.5. The second kappa shape index (κ2) is 10.4. The first kappa shape index (κ1) is 27.1. The molecule has 0 unspecified atom stereocenters. The maximum absolute atomic E-state index is 13.5. The summed E-state index contributed by atoms with van der Waals surface area (Å²) in [5, 5.41) is 3.05. The van der Waals surface area contributed by atoms with Crippen molar-refractivity contribution in [3.8, 4) is 0 Å². The number of hydrogen-bond donors (Lipinski definition) is 1. The van der Waals surface area contributed by atoms with Gasteiger partial charge in [-0.2, -0.15) is 13.2 Å². The number of thiazole rings is 1. The van der Waals surface area contributed by atoms with E-state index in [1.165, 1.54) is 35.6 Å². The molecule has 1 N–H and O–H groups in total. The Balaban J connectivity index is 1.65. The summed E-state index contributed by atoms with van der Waals surface area (Å²) in [6.07, 6.45) is -2.65. The maximum Gasteiger partial charge on any atom is 0.416 e. The second-order valence-electron chi connectivity index (χ2n) is 8.35. The van der Waals surface area contributed by atoms with E-state index in [4.69, 9.17) is 11.6 Å². The molecule has 196 valence electrons. The predicted molar refractivity (Wildman–Crippen MR) is 138 cm³/mol. The number of nitrogens with one attached hydrogen (secondary N) is 1. The first-order chi connectivity index (χ1) is 17.4. The number of sulfonamides is 1. The van der Waals surface area contributed by atoms with Crippen LogP contribution in [0, 0.1) is 0 Å². The number of anilines is 2. The standard InChI is InChI=1S/C24H22ClF3N4O3S2/c1-3-10-32(16-6-4-5-15(12-16)24(26,27)28)37(34,35)17-7-8-19(25)18(13-17)22(33)30-23-29-20-9-11-31(2)14-21(20)36-23/h3-8,12-13H,1,9-11,14H2,2H3,(H,29,30,33). The van der Waals surface area contributed by atoms with Crippen molar-refractivity contribution >= 4 is 49.7 Å². The molecule has 2 heterocycles. The van der Waals surface area contributed by atoms with Gasteiger partial charge < -0.3 is 4.90 Å². The van der Waals surface area contributed by atoms with Gasteiger partial charge in [-0.1, -0.05) is 23.7 Å². The third-order valence-corrected chi connectivity index (χ3v) is 8.79. The van der Waals surface area contributed by atoms with E-state index in [9.17, 15) is 26.4 Å². The van der Waals surface area contributed by atoms with Gasteiger partial charge in [0, 0.05) is 24.4 Å². The SMILES string of the molecule is C=CCN(c1cccc(C(F)(F)F)c1)S(=O)(=O)c1ccc(Cl)c(C(=O)Nc2nc3c(s2)CN(C)CC3)c1. The Bertz CT molecular complexity index is 1460. The smallest absolute Gasteiger partial charge is 0.301 e. The second-order valence-corrected chi connectivity index (χ2v) is 11.7. The zero-order valence-electron chi connectivity index (χ0n) is 19.5. The minimum Gasteiger partial charge on any atom is -0.301 e. The van der Waals surface area contributed by atoms with Crippen molar-refractivity contribution in [3.63, 3.8) is 0 Å². The van der Waals surface area contributed by atoms with E-state index in [1.807, 2.05) is 7.05 Å². The van der Waals surface area contributed by atoms with Crippen LogP contribution in [0.2, 0.25) is 5.02 Å². The van der Waals surface area contributed by atoms with Crippen LogP contribution in [0.3, 0.4) is 0 Å². The summed E-state index contributed by atoms with van der Waals surface area (Å²) in [4.78, 5) is 20.3. The molecule has 0 atom stereocenters. The molecule has 37 heavy (non-hydrogen) atoms. The topological polar surface area (TPSA) is 82.6 Å². The lowest BCUT2D eigenvalue weighted by Crippen LogP contribution is -2.31. The molecule has 0 bridgehead atoms. The number of carbonyl (C=O) groups excluding carboxylic acids is 1. The Labute approximate surface area is 221 Å². The Morgan fingerprint density at radius 2 is 2.05 bits per heavy atom. The molecule has 2 aromatic carbocycles. The maximum atomic E-state index is 13.5. The highest BCUT2D eigenvalue weighted by molar-refractivity contribution is 7.92. The van der Waals surface area contributed by atoms with Crippen molar-refractivity contribution in [2.45, 2.75) is 24.0 Å². The number of halogens is 4. The average molecular weight is 571 g/mol. The van der Waals surface area contributed by atoms with Crippen molar-refractivity contribution < 1.29 is 26.4 Å². The summed E-state index contributed by atoms with van der Waals surface area (Å²) in [7, 11) is -2.41. The molecule has 1 amide bonds. The van der Waals surface area contributed by atoms with Crippen LogP contribution in [0.5, 0.6) is 0 Å². The van der Waals surface area contributed by atoms with E-state index >= 15 is 0 Å². The van der Waals surface area contributed by atoms with Gasteiger partial charge in [-0.25, -0.2) is 13.4 Å². The lowest BCUT2D eigenvalue weighted by molar-refractivity contribution is -0.137. The van der Waals surface area contributed by atoms with Gasteiger partial charge in [0.1, 0.15) is 0 Å². The fraction of sp³-hybridized carbons (Fsp3) is 0.250. The quantitative estimate of drug-likeness (QED) is 0.383. The number of carbonyl (C=O) groups is 1. The summed E-state index contributed by atoms with van der Waals surface area (Å²) in [6, 6.07) is 7.50. The van der Waals surface area contributed by atoms with Gasteiger partial charge in [0.05, 0.1) is 39.0 Å². The largest absolute Gasteiger partial charge is 0.416 e. The Morgan fingerprint density at radius 1 is 1.30 bits per heavy atom. The Morgan fingerprint density at radius 3 is 2.76 bits per heavy atom. The van der Waals surface area contributed by atoms with Crippen LogP contribution >= 0.6 is 22.9 Å². The number of nitrogens with zero attached hydrogens (tertiary/aromatic N) is 3. The van der Waals surface area contributed by atoms with Crippen molar-refractivity contribution in [3.05, 3.63) is 81.8 Å². The van der Waals surface area contributed by atoms with Crippen LogP contribution in [0.4, 0.5) is 24.0 Å². The highest BCUT2D eigenvalue weighted by atomic mass is 35.5. The molecule has 1 aromatic heterocycles. The van der Waals surface area contributed by atoms with Crippen molar-refractivity contribution in [1.29, 1.82) is 0 Å². The number of hydrogen-bond acceptors (Lipinski definition) is 6. The lowest BCUT2D eigenvalue weighted by Gasteiger charge is -2.24. The number of fused-ring (bicyclic) bond motifs is 1. The Kier molecular flexibility index (Phi) is 7.65. The molecule has 1 aliphatic heterocycles. The highest BCUT2D eigenvalue weighted by Crippen LogP contribution is 2.34. The number of alkyl halides is 3. The highest BCUT2D eigenvalue weighted by Gasteiger charge is 2.33. The van der Waals surface area contributed by atoms with Crippen LogP contribution < -0.4 is 9.62 Å². The summed E-state index contributed by atoms with van der Waals surface area (Å²) in [5.41, 5.74) is -0.408. The average Bonchev–Trinajstić information content (AvgIpc) is 3.23. The van der Waals surface area contributed by atoms with Crippen LogP contribution in [0.15, 0.2) is 60.0 Å². The molecule has 13 heteroatoms. The first-order valence-corrected chi connectivity index (χ1v) is 13.6. The monoisotopic (exact) mass is 570 g/mol. The predicted octanol–water partition coefficient (Wildman–Crippen LogP) is 5.44. The van der Waals surface area contributed by atoms with E-state index in [-0.39, 0.29) is 27.7 Å². The minimum atomic E-state index is -4.66. The number of aromatic nitrogens is 1.